The highest BCUT2D eigenvalue weighted by molar-refractivity contribution is 5.35. The van der Waals surface area contributed by atoms with Crippen molar-refractivity contribution in [2.75, 3.05) is 24.3 Å². The van der Waals surface area contributed by atoms with Gasteiger partial charge >= 0.3 is 6.01 Å². The number of rotatable bonds is 7. The molecule has 0 spiro atoms. The molecule has 2 rings (SSSR count). The van der Waals surface area contributed by atoms with Crippen molar-refractivity contribution in [2.24, 2.45) is 0 Å². The fourth-order valence-corrected chi connectivity index (χ4v) is 1.51. The van der Waals surface area contributed by atoms with Gasteiger partial charge in [0.1, 0.15) is 5.76 Å². The average molecular weight is 278 g/mol. The maximum atomic E-state index is 5.50. The Kier molecular flexibility index (Phi) is 4.70. The van der Waals surface area contributed by atoms with Crippen molar-refractivity contribution >= 4 is 11.9 Å². The Labute approximate surface area is 117 Å². The highest BCUT2D eigenvalue weighted by Gasteiger charge is 2.08. The number of aryl methyl sites for hydroxylation is 1. The van der Waals surface area contributed by atoms with Gasteiger partial charge in [0.05, 0.1) is 19.9 Å². The van der Waals surface area contributed by atoms with E-state index in [9.17, 15) is 0 Å². The molecule has 0 bridgehead atoms. The van der Waals surface area contributed by atoms with Gasteiger partial charge in [-0.2, -0.15) is 15.0 Å². The highest BCUT2D eigenvalue weighted by Crippen LogP contribution is 2.12. The zero-order valence-corrected chi connectivity index (χ0v) is 11.8. The fourth-order valence-electron chi connectivity index (χ4n) is 1.51. The Balaban J connectivity index is 2.05. The van der Waals surface area contributed by atoms with Gasteiger partial charge in [0.2, 0.25) is 17.8 Å². The van der Waals surface area contributed by atoms with E-state index in [1.165, 1.54) is 7.11 Å². The minimum absolute atomic E-state index is 0.250. The van der Waals surface area contributed by atoms with Gasteiger partial charge in [-0.3, -0.25) is 0 Å². The van der Waals surface area contributed by atoms with Crippen molar-refractivity contribution in [3.8, 4) is 6.01 Å². The smallest absolute Gasteiger partial charge is 0.322 e. The maximum Gasteiger partial charge on any atom is 0.322 e. The van der Waals surface area contributed by atoms with Gasteiger partial charge in [-0.15, -0.1) is 0 Å². The van der Waals surface area contributed by atoms with Crippen LogP contribution in [-0.2, 0) is 13.0 Å². The molecule has 20 heavy (non-hydrogen) atoms. The molecule has 108 valence electrons. The summed E-state index contributed by atoms with van der Waals surface area (Å²) in [7, 11) is 1.51. The molecule has 0 aromatic carbocycles. The number of hydrogen-bond donors (Lipinski definition) is 2. The molecule has 0 aliphatic carbocycles. The molecule has 0 atom stereocenters. The first-order chi connectivity index (χ1) is 9.75. The summed E-state index contributed by atoms with van der Waals surface area (Å²) in [4.78, 5) is 16.6. The molecular formula is C12H18N6O2. The summed E-state index contributed by atoms with van der Waals surface area (Å²) in [6.45, 7) is 5.09. The molecule has 0 fully saturated rings. The number of anilines is 2. The van der Waals surface area contributed by atoms with Crippen LogP contribution in [0.1, 0.15) is 25.5 Å². The summed E-state index contributed by atoms with van der Waals surface area (Å²) >= 11 is 0. The summed E-state index contributed by atoms with van der Waals surface area (Å²) in [5, 5.41) is 6.05. The van der Waals surface area contributed by atoms with Gasteiger partial charge in [-0.1, -0.05) is 6.92 Å². The van der Waals surface area contributed by atoms with Crippen LogP contribution in [0, 0.1) is 0 Å². The van der Waals surface area contributed by atoms with E-state index in [2.05, 4.69) is 30.6 Å². The van der Waals surface area contributed by atoms with E-state index >= 15 is 0 Å². The average Bonchev–Trinajstić information content (AvgIpc) is 2.93. The molecule has 0 aliphatic heterocycles. The second kappa shape index (κ2) is 6.69. The summed E-state index contributed by atoms with van der Waals surface area (Å²) in [5.41, 5.74) is 0. The zero-order valence-electron chi connectivity index (χ0n) is 11.8. The first-order valence-corrected chi connectivity index (χ1v) is 6.46. The number of nitrogens with zero attached hydrogens (tertiary/aromatic N) is 4. The number of hydrogen-bond acceptors (Lipinski definition) is 8. The quantitative estimate of drug-likeness (QED) is 0.785. The summed E-state index contributed by atoms with van der Waals surface area (Å²) in [6, 6.07) is 0.250. The van der Waals surface area contributed by atoms with Crippen LogP contribution in [0.4, 0.5) is 11.9 Å². The normalized spacial score (nSPS) is 10.3. The Morgan fingerprint density at radius 3 is 2.50 bits per heavy atom. The lowest BCUT2D eigenvalue weighted by Gasteiger charge is -2.07. The minimum Gasteiger partial charge on any atom is -0.467 e. The Morgan fingerprint density at radius 1 is 1.15 bits per heavy atom. The minimum atomic E-state index is 0.250. The van der Waals surface area contributed by atoms with Gasteiger partial charge < -0.3 is 19.8 Å². The van der Waals surface area contributed by atoms with E-state index in [-0.39, 0.29) is 6.01 Å². The van der Waals surface area contributed by atoms with E-state index in [4.69, 9.17) is 9.15 Å². The van der Waals surface area contributed by atoms with Crippen molar-refractivity contribution < 1.29 is 9.15 Å². The molecule has 8 heteroatoms. The third kappa shape index (κ3) is 3.56. The summed E-state index contributed by atoms with van der Waals surface area (Å²) < 4.78 is 10.5. The third-order valence-electron chi connectivity index (χ3n) is 2.48. The van der Waals surface area contributed by atoms with Crippen LogP contribution in [0.2, 0.25) is 0 Å². The SMILES string of the molecule is CCNc1nc(NCc2ncc(CC)o2)nc(OC)n1. The lowest BCUT2D eigenvalue weighted by Crippen LogP contribution is -2.10. The van der Waals surface area contributed by atoms with Crippen molar-refractivity contribution in [3.63, 3.8) is 0 Å². The van der Waals surface area contributed by atoms with Gasteiger partial charge in [0.25, 0.3) is 0 Å². The van der Waals surface area contributed by atoms with Crippen molar-refractivity contribution in [3.05, 3.63) is 17.8 Å². The zero-order chi connectivity index (χ0) is 14.4. The number of nitrogens with one attached hydrogen (secondary N) is 2. The topological polar surface area (TPSA) is 98.0 Å². The predicted molar refractivity (Wildman–Crippen MR) is 73.8 cm³/mol. The van der Waals surface area contributed by atoms with E-state index in [1.807, 2.05) is 13.8 Å². The van der Waals surface area contributed by atoms with Crippen LogP contribution in [0.3, 0.4) is 0 Å². The summed E-state index contributed by atoms with van der Waals surface area (Å²) in [6.07, 6.45) is 2.53. The number of aromatic nitrogens is 4. The van der Waals surface area contributed by atoms with Gasteiger partial charge in [-0.05, 0) is 6.92 Å². The first-order valence-electron chi connectivity index (χ1n) is 6.46. The Morgan fingerprint density at radius 2 is 1.90 bits per heavy atom. The third-order valence-corrected chi connectivity index (χ3v) is 2.48. The first kappa shape index (κ1) is 14.0. The van der Waals surface area contributed by atoms with Crippen molar-refractivity contribution in [1.29, 1.82) is 0 Å². The van der Waals surface area contributed by atoms with Crippen LogP contribution >= 0.6 is 0 Å². The Bertz CT molecular complexity index is 557. The molecule has 0 aliphatic rings. The molecule has 0 amide bonds. The molecule has 2 heterocycles. The van der Waals surface area contributed by atoms with Gasteiger partial charge in [-0.25, -0.2) is 4.98 Å². The molecular weight excluding hydrogens is 260 g/mol. The van der Waals surface area contributed by atoms with Crippen molar-refractivity contribution in [2.45, 2.75) is 26.8 Å². The molecule has 0 radical (unpaired) electrons. The molecule has 2 N–H and O–H groups in total. The molecule has 0 unspecified atom stereocenters. The van der Waals surface area contributed by atoms with E-state index in [0.29, 0.717) is 30.9 Å². The van der Waals surface area contributed by atoms with Crippen LogP contribution < -0.4 is 15.4 Å². The van der Waals surface area contributed by atoms with Gasteiger partial charge in [0.15, 0.2) is 0 Å². The summed E-state index contributed by atoms with van der Waals surface area (Å²) in [5.74, 6) is 2.31. The fraction of sp³-hybridized carbons (Fsp3) is 0.500. The standard InChI is InChI=1S/C12H18N6O2/c1-4-8-6-14-9(20-8)7-15-11-16-10(13-5-2)17-12(18-11)19-3/h6H,4-5,7H2,1-3H3,(H2,13,15,16,17,18). The number of oxazole rings is 1. The molecule has 8 nitrogen and oxygen atoms in total. The van der Waals surface area contributed by atoms with Crippen LogP contribution in [-0.4, -0.2) is 33.6 Å². The van der Waals surface area contributed by atoms with Crippen LogP contribution in [0.5, 0.6) is 6.01 Å². The monoisotopic (exact) mass is 278 g/mol. The second-order valence-electron chi connectivity index (χ2n) is 3.93. The van der Waals surface area contributed by atoms with E-state index in [0.717, 1.165) is 12.2 Å². The number of ether oxygens (including phenoxy) is 1. The Hall–Kier alpha value is -2.38. The lowest BCUT2D eigenvalue weighted by atomic mass is 10.4. The van der Waals surface area contributed by atoms with Crippen molar-refractivity contribution in [1.82, 2.24) is 19.9 Å². The van der Waals surface area contributed by atoms with Crippen LogP contribution in [0.25, 0.3) is 0 Å². The predicted octanol–water partition coefficient (Wildman–Crippen LogP) is 1.47. The highest BCUT2D eigenvalue weighted by atomic mass is 16.5. The van der Waals surface area contributed by atoms with Gasteiger partial charge in [0, 0.05) is 13.0 Å². The lowest BCUT2D eigenvalue weighted by molar-refractivity contribution is 0.379. The second-order valence-corrected chi connectivity index (χ2v) is 3.93. The molecule has 0 saturated heterocycles. The van der Waals surface area contributed by atoms with E-state index in [1.54, 1.807) is 6.20 Å². The van der Waals surface area contributed by atoms with Crippen LogP contribution in [0.15, 0.2) is 10.6 Å². The van der Waals surface area contributed by atoms with E-state index < -0.39 is 0 Å². The molecule has 0 saturated carbocycles. The molecule has 2 aromatic rings. The number of methoxy groups -OCH3 is 1. The largest absolute Gasteiger partial charge is 0.467 e. The maximum absolute atomic E-state index is 5.50. The molecule has 2 aromatic heterocycles.